The van der Waals surface area contributed by atoms with Crippen molar-refractivity contribution < 1.29 is 9.53 Å². The van der Waals surface area contributed by atoms with Crippen molar-refractivity contribution in [2.24, 2.45) is 0 Å². The Bertz CT molecular complexity index is 315. The lowest BCUT2D eigenvalue weighted by Gasteiger charge is -1.99. The number of methoxy groups -OCH3 is 1. The van der Waals surface area contributed by atoms with Crippen LogP contribution in [0.1, 0.15) is 5.69 Å². The molecule has 0 saturated heterocycles. The zero-order valence-corrected chi connectivity index (χ0v) is 10.4. The average molecular weight is 246 g/mol. The zero-order valence-electron chi connectivity index (χ0n) is 8.78. The van der Waals surface area contributed by atoms with Crippen LogP contribution in [-0.4, -0.2) is 36.6 Å². The fourth-order valence-electron chi connectivity index (χ4n) is 0.949. The van der Waals surface area contributed by atoms with E-state index in [4.69, 9.17) is 0 Å². The molecule has 6 heteroatoms. The molecule has 0 aliphatic carbocycles. The third-order valence-corrected chi connectivity index (χ3v) is 3.15. The molecule has 0 fully saturated rings. The van der Waals surface area contributed by atoms with E-state index in [0.29, 0.717) is 0 Å². The van der Waals surface area contributed by atoms with Crippen LogP contribution in [0, 0.1) is 0 Å². The Morgan fingerprint density at radius 2 is 2.53 bits per heavy atom. The molecule has 0 saturated carbocycles. The first-order chi connectivity index (χ1) is 7.26. The Morgan fingerprint density at radius 3 is 3.20 bits per heavy atom. The summed E-state index contributed by atoms with van der Waals surface area (Å²) in [6, 6.07) is 0. The summed E-state index contributed by atoms with van der Waals surface area (Å²) in [6.45, 7) is 0.895. The van der Waals surface area contributed by atoms with Crippen molar-refractivity contribution >= 4 is 34.2 Å². The average Bonchev–Trinajstić information content (AvgIpc) is 2.66. The number of thiazole rings is 1. The minimum Gasteiger partial charge on any atom is -0.469 e. The van der Waals surface area contributed by atoms with E-state index in [2.05, 4.69) is 21.3 Å². The second-order valence-electron chi connectivity index (χ2n) is 2.82. The van der Waals surface area contributed by atoms with Crippen LogP contribution >= 0.6 is 23.1 Å². The summed E-state index contributed by atoms with van der Waals surface area (Å²) in [4.78, 5) is 15.2. The van der Waals surface area contributed by atoms with E-state index in [0.717, 1.165) is 23.1 Å². The number of anilines is 1. The number of hydrogen-bond acceptors (Lipinski definition) is 6. The predicted octanol–water partition coefficient (Wildman–Crippen LogP) is 1.63. The summed E-state index contributed by atoms with van der Waals surface area (Å²) in [5.41, 5.74) is 0.763. The summed E-state index contributed by atoms with van der Waals surface area (Å²) >= 11 is 3.30. The van der Waals surface area contributed by atoms with Crippen molar-refractivity contribution in [2.75, 3.05) is 31.0 Å². The summed E-state index contributed by atoms with van der Waals surface area (Å²) in [7, 11) is 1.38. The molecule has 1 aromatic rings. The standard InChI is InChI=1S/C9H14N2O2S2/c1-13-8(12)5-7-6-15-9(11-7)10-3-4-14-2/h6H,3-5H2,1-2H3,(H,10,11). The monoisotopic (exact) mass is 246 g/mol. The number of carbonyl (C=O) groups is 1. The van der Waals surface area contributed by atoms with Crippen LogP contribution in [0.3, 0.4) is 0 Å². The molecule has 0 aliphatic rings. The maximum atomic E-state index is 11.0. The highest BCUT2D eigenvalue weighted by atomic mass is 32.2. The van der Waals surface area contributed by atoms with E-state index in [1.807, 2.05) is 5.38 Å². The fraction of sp³-hybridized carbons (Fsp3) is 0.556. The number of hydrogen-bond donors (Lipinski definition) is 1. The molecule has 4 nitrogen and oxygen atoms in total. The van der Waals surface area contributed by atoms with E-state index in [-0.39, 0.29) is 12.4 Å². The Kier molecular flexibility index (Phi) is 5.49. The number of aromatic nitrogens is 1. The molecule has 1 aromatic heterocycles. The first-order valence-electron chi connectivity index (χ1n) is 4.50. The second kappa shape index (κ2) is 6.68. The third-order valence-electron chi connectivity index (χ3n) is 1.69. The molecule has 15 heavy (non-hydrogen) atoms. The van der Waals surface area contributed by atoms with Crippen LogP contribution in [0.4, 0.5) is 5.13 Å². The zero-order chi connectivity index (χ0) is 11.1. The van der Waals surface area contributed by atoms with Crippen LogP contribution in [-0.2, 0) is 16.0 Å². The van der Waals surface area contributed by atoms with Gasteiger partial charge < -0.3 is 10.1 Å². The highest BCUT2D eigenvalue weighted by Crippen LogP contribution is 2.15. The number of rotatable bonds is 6. The molecule has 84 valence electrons. The van der Waals surface area contributed by atoms with Gasteiger partial charge in [0.25, 0.3) is 0 Å². The molecule has 0 radical (unpaired) electrons. The lowest BCUT2D eigenvalue weighted by atomic mass is 10.3. The SMILES string of the molecule is COC(=O)Cc1csc(NCCSC)n1. The molecule has 0 aliphatic heterocycles. The summed E-state index contributed by atoms with van der Waals surface area (Å²) in [5.74, 6) is 0.794. The highest BCUT2D eigenvalue weighted by Gasteiger charge is 2.06. The lowest BCUT2D eigenvalue weighted by Crippen LogP contribution is -2.06. The minimum absolute atomic E-state index is 0.247. The molecule has 1 N–H and O–H groups in total. The first kappa shape index (κ1) is 12.3. The van der Waals surface area contributed by atoms with E-state index >= 15 is 0 Å². The van der Waals surface area contributed by atoms with Crippen LogP contribution < -0.4 is 5.32 Å². The van der Waals surface area contributed by atoms with Gasteiger partial charge in [-0.15, -0.1) is 11.3 Å². The summed E-state index contributed by atoms with van der Waals surface area (Å²) in [5, 5.41) is 5.93. The Balaban J connectivity index is 2.38. The Morgan fingerprint density at radius 1 is 1.73 bits per heavy atom. The smallest absolute Gasteiger partial charge is 0.311 e. The van der Waals surface area contributed by atoms with Gasteiger partial charge in [-0.05, 0) is 6.26 Å². The summed E-state index contributed by atoms with van der Waals surface area (Å²) < 4.78 is 4.56. The van der Waals surface area contributed by atoms with E-state index in [9.17, 15) is 4.79 Å². The number of nitrogens with one attached hydrogen (secondary N) is 1. The Labute approximate surface area is 97.4 Å². The molecular formula is C9H14N2O2S2. The maximum Gasteiger partial charge on any atom is 0.311 e. The molecule has 0 atom stereocenters. The van der Waals surface area contributed by atoms with Crippen molar-refractivity contribution in [3.05, 3.63) is 11.1 Å². The number of ether oxygens (including phenoxy) is 1. The number of thioether (sulfide) groups is 1. The normalized spacial score (nSPS) is 10.0. The molecule has 0 spiro atoms. The third kappa shape index (κ3) is 4.53. The van der Waals surface area contributed by atoms with E-state index in [1.54, 1.807) is 11.8 Å². The molecule has 1 rings (SSSR count). The first-order valence-corrected chi connectivity index (χ1v) is 6.77. The topological polar surface area (TPSA) is 51.2 Å². The van der Waals surface area contributed by atoms with Crippen molar-refractivity contribution in [2.45, 2.75) is 6.42 Å². The van der Waals surface area contributed by atoms with Crippen LogP contribution in [0.5, 0.6) is 0 Å². The number of esters is 1. The van der Waals surface area contributed by atoms with Crippen LogP contribution in [0.25, 0.3) is 0 Å². The highest BCUT2D eigenvalue weighted by molar-refractivity contribution is 7.98. The Hall–Kier alpha value is -0.750. The number of carbonyl (C=O) groups excluding carboxylic acids is 1. The van der Waals surface area contributed by atoms with Crippen molar-refractivity contribution in [3.8, 4) is 0 Å². The van der Waals surface area contributed by atoms with E-state index < -0.39 is 0 Å². The molecule has 0 aromatic carbocycles. The van der Waals surface area contributed by atoms with Gasteiger partial charge in [0.1, 0.15) is 0 Å². The largest absolute Gasteiger partial charge is 0.469 e. The van der Waals surface area contributed by atoms with Crippen molar-refractivity contribution in [1.29, 1.82) is 0 Å². The van der Waals surface area contributed by atoms with Gasteiger partial charge in [0.15, 0.2) is 5.13 Å². The van der Waals surface area contributed by atoms with Gasteiger partial charge in [0.05, 0.1) is 19.2 Å². The van der Waals surface area contributed by atoms with E-state index in [1.165, 1.54) is 18.4 Å². The lowest BCUT2D eigenvalue weighted by molar-refractivity contribution is -0.139. The van der Waals surface area contributed by atoms with Gasteiger partial charge in [-0.3, -0.25) is 4.79 Å². The predicted molar refractivity (Wildman–Crippen MR) is 64.7 cm³/mol. The van der Waals surface area contributed by atoms with Gasteiger partial charge in [-0.1, -0.05) is 0 Å². The second-order valence-corrected chi connectivity index (χ2v) is 4.66. The molecule has 0 bridgehead atoms. The maximum absolute atomic E-state index is 11.0. The van der Waals surface area contributed by atoms with Gasteiger partial charge in [0, 0.05) is 17.7 Å². The van der Waals surface area contributed by atoms with Crippen LogP contribution in [0.2, 0.25) is 0 Å². The van der Waals surface area contributed by atoms with Crippen molar-refractivity contribution in [3.63, 3.8) is 0 Å². The minimum atomic E-state index is -0.254. The number of nitrogens with zero attached hydrogens (tertiary/aromatic N) is 1. The van der Waals surface area contributed by atoms with Crippen molar-refractivity contribution in [1.82, 2.24) is 4.98 Å². The molecule has 0 unspecified atom stereocenters. The quantitative estimate of drug-likeness (QED) is 0.611. The summed E-state index contributed by atoms with van der Waals surface area (Å²) in [6.07, 6.45) is 2.31. The molecular weight excluding hydrogens is 232 g/mol. The molecule has 0 amide bonds. The van der Waals surface area contributed by atoms with Crippen LogP contribution in [0.15, 0.2) is 5.38 Å². The fourth-order valence-corrected chi connectivity index (χ4v) is 1.99. The van der Waals surface area contributed by atoms with Gasteiger partial charge in [-0.2, -0.15) is 11.8 Å². The van der Waals surface area contributed by atoms with Gasteiger partial charge >= 0.3 is 5.97 Å². The molecule has 1 heterocycles. The van der Waals surface area contributed by atoms with Gasteiger partial charge in [0.2, 0.25) is 0 Å². The van der Waals surface area contributed by atoms with Gasteiger partial charge in [-0.25, -0.2) is 4.98 Å².